The van der Waals surface area contributed by atoms with Crippen LogP contribution in [0.3, 0.4) is 0 Å². The Morgan fingerprint density at radius 2 is 1.64 bits per heavy atom. The summed E-state index contributed by atoms with van der Waals surface area (Å²) in [5.74, 6) is 0.249. The van der Waals surface area contributed by atoms with Crippen LogP contribution in [0, 0.1) is 20.8 Å². The number of carbonyl (C=O) groups is 1. The maximum Gasteiger partial charge on any atom is 0.248 e. The van der Waals surface area contributed by atoms with Crippen LogP contribution in [0.15, 0.2) is 36.4 Å². The molecule has 2 aromatic carbocycles. The zero-order valence-corrected chi connectivity index (χ0v) is 18.1. The first-order valence-corrected chi connectivity index (χ1v) is 11.0. The Balaban J connectivity index is 2.42. The molecule has 0 fully saturated rings. The van der Waals surface area contributed by atoms with Gasteiger partial charge in [0.25, 0.3) is 0 Å². The number of carbonyl (C=O) groups excluding carboxylic acids is 1. The molecule has 152 valence electrons. The number of amides is 1. The molecule has 1 atom stereocenters. The number of sulfonamides is 1. The molecule has 2 aromatic rings. The van der Waals surface area contributed by atoms with Crippen LogP contribution in [0.5, 0.6) is 5.75 Å². The lowest BCUT2D eigenvalue weighted by Gasteiger charge is -2.30. The Morgan fingerprint density at radius 3 is 2.07 bits per heavy atom. The topological polar surface area (TPSA) is 75.7 Å². The first-order valence-electron chi connectivity index (χ1n) is 9.10. The summed E-state index contributed by atoms with van der Waals surface area (Å²) in [6.07, 6.45) is 1.43. The van der Waals surface area contributed by atoms with Gasteiger partial charge in [-0.15, -0.1) is 0 Å². The Hall–Kier alpha value is -2.54. The average Bonchev–Trinajstić information content (AvgIpc) is 2.61. The molecule has 0 heterocycles. The highest BCUT2D eigenvalue weighted by Gasteiger charge is 2.32. The molecule has 1 amide bonds. The van der Waals surface area contributed by atoms with E-state index in [2.05, 4.69) is 5.32 Å². The minimum atomic E-state index is -3.68. The molecule has 0 aliphatic heterocycles. The van der Waals surface area contributed by atoms with Crippen molar-refractivity contribution in [2.75, 3.05) is 23.0 Å². The molecular formula is C21H28N2O4S. The first-order chi connectivity index (χ1) is 13.1. The number of ether oxygens (including phenoxy) is 1. The summed E-state index contributed by atoms with van der Waals surface area (Å²) >= 11 is 0. The van der Waals surface area contributed by atoms with E-state index in [0.717, 1.165) is 28.6 Å². The van der Waals surface area contributed by atoms with E-state index >= 15 is 0 Å². The van der Waals surface area contributed by atoms with Crippen LogP contribution in [0.4, 0.5) is 11.4 Å². The number of nitrogens with zero attached hydrogens (tertiary/aromatic N) is 1. The molecule has 2 rings (SSSR count). The van der Waals surface area contributed by atoms with Gasteiger partial charge in [0.1, 0.15) is 11.8 Å². The van der Waals surface area contributed by atoms with Crippen LogP contribution in [-0.4, -0.2) is 33.7 Å². The Labute approximate surface area is 167 Å². The second kappa shape index (κ2) is 8.65. The van der Waals surface area contributed by atoms with E-state index < -0.39 is 16.1 Å². The first kappa shape index (κ1) is 21.8. The zero-order chi connectivity index (χ0) is 21.1. The predicted octanol–water partition coefficient (Wildman–Crippen LogP) is 3.80. The molecule has 0 aromatic heterocycles. The lowest BCUT2D eigenvalue weighted by molar-refractivity contribution is -0.117. The SMILES string of the molecule is CC[C@@H](C(=O)Nc1c(C)cc(C)cc1C)N(c1ccc(OC)cc1)S(C)(=O)=O. The molecule has 7 heteroatoms. The van der Waals surface area contributed by atoms with E-state index in [4.69, 9.17) is 4.74 Å². The minimum Gasteiger partial charge on any atom is -0.497 e. The summed E-state index contributed by atoms with van der Waals surface area (Å²) < 4.78 is 31.4. The van der Waals surface area contributed by atoms with E-state index in [-0.39, 0.29) is 5.91 Å². The highest BCUT2D eigenvalue weighted by atomic mass is 32.2. The molecule has 0 saturated carbocycles. The third kappa shape index (κ3) is 4.84. The third-order valence-electron chi connectivity index (χ3n) is 4.58. The molecule has 0 aliphatic carbocycles. The lowest BCUT2D eigenvalue weighted by Crippen LogP contribution is -2.47. The van der Waals surface area contributed by atoms with Crippen molar-refractivity contribution in [2.24, 2.45) is 0 Å². The quantitative estimate of drug-likeness (QED) is 0.761. The van der Waals surface area contributed by atoms with Gasteiger partial charge < -0.3 is 10.1 Å². The maximum absolute atomic E-state index is 13.1. The molecule has 1 N–H and O–H groups in total. The van der Waals surface area contributed by atoms with Gasteiger partial charge in [-0.3, -0.25) is 9.10 Å². The van der Waals surface area contributed by atoms with Crippen molar-refractivity contribution >= 4 is 27.3 Å². The Bertz CT molecular complexity index is 930. The van der Waals surface area contributed by atoms with Gasteiger partial charge in [-0.05, 0) is 62.6 Å². The zero-order valence-electron chi connectivity index (χ0n) is 17.2. The second-order valence-corrected chi connectivity index (χ2v) is 8.80. The smallest absolute Gasteiger partial charge is 0.248 e. The summed E-state index contributed by atoms with van der Waals surface area (Å²) in [5.41, 5.74) is 4.13. The van der Waals surface area contributed by atoms with Crippen molar-refractivity contribution in [1.29, 1.82) is 0 Å². The standard InChI is InChI=1S/C21H28N2O4S/c1-7-19(21(24)22-20-15(3)12-14(2)13-16(20)4)23(28(6,25)26)17-8-10-18(27-5)11-9-17/h8-13,19H,7H2,1-6H3,(H,22,24)/t19-/m0/s1. The second-order valence-electron chi connectivity index (χ2n) is 6.94. The highest BCUT2D eigenvalue weighted by molar-refractivity contribution is 7.92. The molecule has 0 radical (unpaired) electrons. The van der Waals surface area contributed by atoms with E-state index in [9.17, 15) is 13.2 Å². The van der Waals surface area contributed by atoms with E-state index in [1.807, 2.05) is 32.9 Å². The van der Waals surface area contributed by atoms with Crippen LogP contribution in [0.25, 0.3) is 0 Å². The largest absolute Gasteiger partial charge is 0.497 e. The van der Waals surface area contributed by atoms with Gasteiger partial charge in [0.15, 0.2) is 0 Å². The summed E-state index contributed by atoms with van der Waals surface area (Å²) in [4.78, 5) is 13.1. The van der Waals surface area contributed by atoms with Gasteiger partial charge in [-0.2, -0.15) is 0 Å². The fourth-order valence-electron chi connectivity index (χ4n) is 3.37. The summed E-state index contributed by atoms with van der Waals surface area (Å²) in [6, 6.07) is 9.72. The molecular weight excluding hydrogens is 376 g/mol. The monoisotopic (exact) mass is 404 g/mol. The van der Waals surface area contributed by atoms with E-state index in [1.54, 1.807) is 31.2 Å². The average molecular weight is 405 g/mol. The lowest BCUT2D eigenvalue weighted by atomic mass is 10.0. The van der Waals surface area contributed by atoms with Gasteiger partial charge >= 0.3 is 0 Å². The van der Waals surface area contributed by atoms with Crippen molar-refractivity contribution in [1.82, 2.24) is 0 Å². The Morgan fingerprint density at radius 1 is 1.11 bits per heavy atom. The minimum absolute atomic E-state index is 0.328. The number of methoxy groups -OCH3 is 1. The fourth-order valence-corrected chi connectivity index (χ4v) is 4.58. The molecule has 0 saturated heterocycles. The fraction of sp³-hybridized carbons (Fsp3) is 0.381. The number of benzene rings is 2. The van der Waals surface area contributed by atoms with Crippen molar-refractivity contribution in [3.05, 3.63) is 53.1 Å². The molecule has 0 bridgehead atoms. The van der Waals surface area contributed by atoms with Crippen molar-refractivity contribution in [2.45, 2.75) is 40.2 Å². The number of anilines is 2. The van der Waals surface area contributed by atoms with E-state index in [0.29, 0.717) is 17.9 Å². The highest BCUT2D eigenvalue weighted by Crippen LogP contribution is 2.27. The van der Waals surface area contributed by atoms with Crippen LogP contribution in [0.2, 0.25) is 0 Å². The maximum atomic E-state index is 13.1. The number of hydrogen-bond acceptors (Lipinski definition) is 4. The summed E-state index contributed by atoms with van der Waals surface area (Å²) in [7, 11) is -2.14. The van der Waals surface area contributed by atoms with Gasteiger partial charge in [0, 0.05) is 5.69 Å². The number of hydrogen-bond donors (Lipinski definition) is 1. The molecule has 28 heavy (non-hydrogen) atoms. The summed E-state index contributed by atoms with van der Waals surface area (Å²) in [6.45, 7) is 7.64. The number of rotatable bonds is 7. The van der Waals surface area contributed by atoms with Gasteiger partial charge in [-0.25, -0.2) is 8.42 Å². The van der Waals surface area contributed by atoms with Gasteiger partial charge in [-0.1, -0.05) is 24.6 Å². The van der Waals surface area contributed by atoms with Crippen molar-refractivity contribution in [3.63, 3.8) is 0 Å². The van der Waals surface area contributed by atoms with Crippen LogP contribution in [-0.2, 0) is 14.8 Å². The molecule has 0 spiro atoms. The molecule has 6 nitrogen and oxygen atoms in total. The van der Waals surface area contributed by atoms with E-state index in [1.165, 1.54) is 11.4 Å². The van der Waals surface area contributed by atoms with Crippen molar-refractivity contribution < 1.29 is 17.9 Å². The van der Waals surface area contributed by atoms with Crippen molar-refractivity contribution in [3.8, 4) is 5.75 Å². The third-order valence-corrected chi connectivity index (χ3v) is 5.76. The van der Waals surface area contributed by atoms with Gasteiger partial charge in [0.05, 0.1) is 19.1 Å². The number of aryl methyl sites for hydroxylation is 3. The van der Waals surface area contributed by atoms with Gasteiger partial charge in [0.2, 0.25) is 15.9 Å². The number of nitrogens with one attached hydrogen (secondary N) is 1. The van der Waals surface area contributed by atoms with Crippen LogP contribution >= 0.6 is 0 Å². The van der Waals surface area contributed by atoms with Crippen LogP contribution < -0.4 is 14.4 Å². The summed E-state index contributed by atoms with van der Waals surface area (Å²) in [5, 5.41) is 2.93. The molecule has 0 aliphatic rings. The Kier molecular flexibility index (Phi) is 6.72. The molecule has 0 unspecified atom stereocenters. The normalized spacial score (nSPS) is 12.4. The van der Waals surface area contributed by atoms with Crippen LogP contribution in [0.1, 0.15) is 30.0 Å². The predicted molar refractivity (Wildman–Crippen MR) is 114 cm³/mol.